The number of pyridine rings is 1. The first-order valence-corrected chi connectivity index (χ1v) is 6.78. The van der Waals surface area contributed by atoms with E-state index in [1.54, 1.807) is 24.5 Å². The monoisotopic (exact) mass is 279 g/mol. The molecule has 3 unspecified atom stereocenters. The predicted octanol–water partition coefficient (Wildman–Crippen LogP) is 1.81. The van der Waals surface area contributed by atoms with Crippen molar-refractivity contribution < 1.29 is 9.18 Å². The highest BCUT2D eigenvalue weighted by Gasteiger charge is 2.46. The van der Waals surface area contributed by atoms with Crippen LogP contribution in [-0.4, -0.2) is 28.2 Å². The van der Waals surface area contributed by atoms with Crippen LogP contribution in [0.2, 0.25) is 0 Å². The molecule has 0 radical (unpaired) electrons. The number of rotatable bonds is 1. The van der Waals surface area contributed by atoms with Gasteiger partial charge in [0.25, 0.3) is 0 Å². The Morgan fingerprint density at radius 3 is 3.05 bits per heavy atom. The number of hydrogen-bond acceptors (Lipinski definition) is 3. The standard InChI is InChI=1S/C13H14FN3OS/c14-9-4-1-5-10-11(9)12(18)17(13(19)16-10)8-3-2-6-15-7-8/h2-3,6-7,9-11H,1,4-5H2,(H,16,19). The van der Waals surface area contributed by atoms with Gasteiger partial charge in [-0.1, -0.05) is 0 Å². The number of carbonyl (C=O) groups excluding carboxylic acids is 1. The van der Waals surface area contributed by atoms with Crippen LogP contribution in [0.25, 0.3) is 0 Å². The van der Waals surface area contributed by atoms with Crippen LogP contribution in [0.15, 0.2) is 24.5 Å². The van der Waals surface area contributed by atoms with Gasteiger partial charge >= 0.3 is 0 Å². The molecule has 3 rings (SSSR count). The van der Waals surface area contributed by atoms with Crippen molar-refractivity contribution >= 4 is 28.9 Å². The zero-order valence-electron chi connectivity index (χ0n) is 10.3. The summed E-state index contributed by atoms with van der Waals surface area (Å²) in [6.07, 6.45) is 4.11. The van der Waals surface area contributed by atoms with Crippen molar-refractivity contribution in [3.05, 3.63) is 24.5 Å². The molecule has 2 heterocycles. The zero-order valence-corrected chi connectivity index (χ0v) is 11.1. The van der Waals surface area contributed by atoms with Gasteiger partial charge < -0.3 is 5.32 Å². The lowest BCUT2D eigenvalue weighted by Gasteiger charge is -2.42. The van der Waals surface area contributed by atoms with Crippen LogP contribution in [0.3, 0.4) is 0 Å². The van der Waals surface area contributed by atoms with Gasteiger partial charge in [-0.25, -0.2) is 4.39 Å². The smallest absolute Gasteiger partial charge is 0.241 e. The minimum atomic E-state index is -1.10. The van der Waals surface area contributed by atoms with Gasteiger partial charge in [-0.15, -0.1) is 0 Å². The summed E-state index contributed by atoms with van der Waals surface area (Å²) < 4.78 is 14.0. The van der Waals surface area contributed by atoms with Gasteiger partial charge in [-0.3, -0.25) is 14.7 Å². The van der Waals surface area contributed by atoms with Crippen LogP contribution in [0.5, 0.6) is 0 Å². The molecular formula is C13H14FN3OS. The molecular weight excluding hydrogens is 265 g/mol. The van der Waals surface area contributed by atoms with E-state index in [1.165, 1.54) is 4.90 Å². The molecule has 2 fully saturated rings. The summed E-state index contributed by atoms with van der Waals surface area (Å²) in [5, 5.41) is 3.44. The number of aromatic nitrogens is 1. The van der Waals surface area contributed by atoms with Gasteiger partial charge in [0, 0.05) is 12.2 Å². The number of carbonyl (C=O) groups is 1. The molecule has 3 atom stereocenters. The largest absolute Gasteiger partial charge is 0.358 e. The topological polar surface area (TPSA) is 45.2 Å². The summed E-state index contributed by atoms with van der Waals surface area (Å²) in [6, 6.07) is 3.30. The van der Waals surface area contributed by atoms with Gasteiger partial charge in [0.2, 0.25) is 5.91 Å². The summed E-state index contributed by atoms with van der Waals surface area (Å²) in [4.78, 5) is 17.9. The molecule has 1 aliphatic carbocycles. The molecule has 0 spiro atoms. The number of thiocarbonyl (C=S) groups is 1. The third-order valence-electron chi connectivity index (χ3n) is 3.74. The molecule has 1 aromatic rings. The van der Waals surface area contributed by atoms with E-state index in [2.05, 4.69) is 10.3 Å². The first-order valence-electron chi connectivity index (χ1n) is 6.37. The SMILES string of the molecule is O=C1C2C(F)CCCC2NC(=S)N1c1cccnc1. The molecule has 19 heavy (non-hydrogen) atoms. The highest BCUT2D eigenvalue weighted by atomic mass is 32.1. The van der Waals surface area contributed by atoms with Crippen LogP contribution < -0.4 is 10.2 Å². The Morgan fingerprint density at radius 1 is 1.47 bits per heavy atom. The van der Waals surface area contributed by atoms with Gasteiger partial charge in [-0.05, 0) is 43.6 Å². The molecule has 0 aromatic carbocycles. The van der Waals surface area contributed by atoms with E-state index >= 15 is 0 Å². The van der Waals surface area contributed by atoms with E-state index < -0.39 is 12.1 Å². The third-order valence-corrected chi connectivity index (χ3v) is 4.04. The lowest BCUT2D eigenvalue weighted by molar-refractivity contribution is -0.126. The number of nitrogens with zero attached hydrogens (tertiary/aromatic N) is 2. The van der Waals surface area contributed by atoms with E-state index in [0.717, 1.165) is 12.8 Å². The van der Waals surface area contributed by atoms with Crippen molar-refractivity contribution in [3.63, 3.8) is 0 Å². The summed E-state index contributed by atoms with van der Waals surface area (Å²) >= 11 is 5.24. The second-order valence-corrected chi connectivity index (χ2v) is 5.30. The highest BCUT2D eigenvalue weighted by Crippen LogP contribution is 2.33. The van der Waals surface area contributed by atoms with Gasteiger partial charge in [0.1, 0.15) is 6.17 Å². The Labute approximate surface area is 116 Å². The number of fused-ring (bicyclic) bond motifs is 1. The summed E-state index contributed by atoms with van der Waals surface area (Å²) in [5.74, 6) is -0.894. The molecule has 0 bridgehead atoms. The van der Waals surface area contributed by atoms with Crippen molar-refractivity contribution in [2.45, 2.75) is 31.5 Å². The first kappa shape index (κ1) is 12.5. The minimum Gasteiger partial charge on any atom is -0.358 e. The lowest BCUT2D eigenvalue weighted by atomic mass is 9.81. The molecule has 1 N–H and O–H groups in total. The predicted molar refractivity (Wildman–Crippen MR) is 73.5 cm³/mol. The van der Waals surface area contributed by atoms with Crippen molar-refractivity contribution in [3.8, 4) is 0 Å². The van der Waals surface area contributed by atoms with Gasteiger partial charge in [0.05, 0.1) is 17.8 Å². The lowest BCUT2D eigenvalue weighted by Crippen LogP contribution is -2.63. The second-order valence-electron chi connectivity index (χ2n) is 4.91. The average Bonchev–Trinajstić information content (AvgIpc) is 2.39. The Hall–Kier alpha value is -1.56. The number of hydrogen-bond donors (Lipinski definition) is 1. The molecule has 2 aliphatic rings. The third kappa shape index (κ3) is 2.10. The molecule has 1 amide bonds. The molecule has 100 valence electrons. The number of amides is 1. The fourth-order valence-electron chi connectivity index (χ4n) is 2.84. The van der Waals surface area contributed by atoms with Crippen LogP contribution in [0.4, 0.5) is 10.1 Å². The summed E-state index contributed by atoms with van der Waals surface area (Å²) in [7, 11) is 0. The highest BCUT2D eigenvalue weighted by molar-refractivity contribution is 7.80. The van der Waals surface area contributed by atoms with E-state index in [1.807, 2.05) is 0 Å². The first-order chi connectivity index (χ1) is 9.18. The van der Waals surface area contributed by atoms with E-state index in [9.17, 15) is 9.18 Å². The van der Waals surface area contributed by atoms with E-state index in [-0.39, 0.29) is 11.9 Å². The maximum atomic E-state index is 14.0. The Bertz CT molecular complexity index is 510. The molecule has 1 aliphatic heterocycles. The summed E-state index contributed by atoms with van der Waals surface area (Å²) in [5.41, 5.74) is 0.584. The zero-order chi connectivity index (χ0) is 13.4. The van der Waals surface area contributed by atoms with Crippen molar-refractivity contribution in [1.82, 2.24) is 10.3 Å². The van der Waals surface area contributed by atoms with Crippen LogP contribution in [-0.2, 0) is 4.79 Å². The second kappa shape index (κ2) is 4.85. The minimum absolute atomic E-state index is 0.170. The fraction of sp³-hybridized carbons (Fsp3) is 0.462. The number of nitrogens with one attached hydrogen (secondary N) is 1. The number of alkyl halides is 1. The Balaban J connectivity index is 1.94. The van der Waals surface area contributed by atoms with E-state index in [4.69, 9.17) is 12.2 Å². The number of halogens is 1. The quantitative estimate of drug-likeness (QED) is 0.796. The van der Waals surface area contributed by atoms with Gasteiger partial charge in [0.15, 0.2) is 5.11 Å². The van der Waals surface area contributed by atoms with Crippen LogP contribution >= 0.6 is 12.2 Å². The van der Waals surface area contributed by atoms with Crippen LogP contribution in [0.1, 0.15) is 19.3 Å². The summed E-state index contributed by atoms with van der Waals surface area (Å²) in [6.45, 7) is 0. The van der Waals surface area contributed by atoms with Gasteiger partial charge in [-0.2, -0.15) is 0 Å². The van der Waals surface area contributed by atoms with E-state index in [0.29, 0.717) is 17.2 Å². The maximum absolute atomic E-state index is 14.0. The van der Waals surface area contributed by atoms with Crippen molar-refractivity contribution in [2.75, 3.05) is 4.90 Å². The molecule has 1 saturated heterocycles. The number of anilines is 1. The Morgan fingerprint density at radius 2 is 2.32 bits per heavy atom. The Kier molecular flexibility index (Phi) is 3.18. The normalized spacial score (nSPS) is 30.8. The van der Waals surface area contributed by atoms with Crippen molar-refractivity contribution in [2.24, 2.45) is 5.92 Å². The maximum Gasteiger partial charge on any atom is 0.241 e. The molecule has 1 aromatic heterocycles. The molecule has 6 heteroatoms. The molecule has 1 saturated carbocycles. The van der Waals surface area contributed by atoms with Crippen molar-refractivity contribution in [1.29, 1.82) is 0 Å². The fourth-order valence-corrected chi connectivity index (χ4v) is 3.18. The van der Waals surface area contributed by atoms with Crippen LogP contribution in [0, 0.1) is 5.92 Å². The molecule has 4 nitrogen and oxygen atoms in total. The average molecular weight is 279 g/mol.